The Morgan fingerprint density at radius 2 is 0.754 bits per heavy atom. The second kappa shape index (κ2) is 12.9. The zero-order valence-corrected chi connectivity index (χ0v) is 32.3. The van der Waals surface area contributed by atoms with Crippen LogP contribution < -0.4 is 4.90 Å². The molecular weight excluding hydrogens is 729 g/mol. The number of pyridine rings is 1. The minimum absolute atomic E-state index is 0.985. The molecule has 0 atom stereocenters. The minimum atomic E-state index is 0.985. The van der Waals surface area contributed by atoms with Crippen molar-refractivity contribution in [1.82, 2.24) is 4.98 Å². The molecule has 12 aromatic rings. The van der Waals surface area contributed by atoms with Crippen LogP contribution in [0.15, 0.2) is 194 Å². The van der Waals surface area contributed by atoms with Gasteiger partial charge >= 0.3 is 0 Å². The predicted octanol–water partition coefficient (Wildman–Crippen LogP) is 16.1. The Morgan fingerprint density at radius 3 is 1.32 bits per heavy atom. The van der Waals surface area contributed by atoms with E-state index in [0.29, 0.717) is 0 Å². The summed E-state index contributed by atoms with van der Waals surface area (Å²) >= 11 is 3.75. The van der Waals surface area contributed by atoms with Gasteiger partial charge < -0.3 is 4.90 Å². The summed E-state index contributed by atoms with van der Waals surface area (Å²) in [6, 6.07) is 71.0. The van der Waals surface area contributed by atoms with E-state index in [1.807, 2.05) is 28.7 Å². The van der Waals surface area contributed by atoms with E-state index >= 15 is 0 Å². The largest absolute Gasteiger partial charge is 0.310 e. The average molecular weight is 761 g/mol. The van der Waals surface area contributed by atoms with Gasteiger partial charge in [-0.2, -0.15) is 0 Å². The highest BCUT2D eigenvalue weighted by Gasteiger charge is 2.18. The molecule has 0 fully saturated rings. The molecule has 266 valence electrons. The molecule has 3 heterocycles. The lowest BCUT2D eigenvalue weighted by molar-refractivity contribution is 1.30. The number of anilines is 3. The van der Waals surface area contributed by atoms with Crippen molar-refractivity contribution < 1.29 is 0 Å². The number of para-hydroxylation sites is 1. The molecule has 12 rings (SSSR count). The summed E-state index contributed by atoms with van der Waals surface area (Å²) < 4.78 is 5.21. The first-order valence-corrected chi connectivity index (χ1v) is 20.9. The highest BCUT2D eigenvalue weighted by atomic mass is 32.1. The van der Waals surface area contributed by atoms with Crippen LogP contribution >= 0.6 is 22.7 Å². The van der Waals surface area contributed by atoms with Crippen molar-refractivity contribution in [2.45, 2.75) is 0 Å². The van der Waals surface area contributed by atoms with Crippen molar-refractivity contribution in [2.24, 2.45) is 0 Å². The van der Waals surface area contributed by atoms with E-state index in [2.05, 4.69) is 193 Å². The van der Waals surface area contributed by atoms with Crippen LogP contribution in [0, 0.1) is 0 Å². The third kappa shape index (κ3) is 5.48. The second-order valence-corrected chi connectivity index (χ2v) is 17.0. The summed E-state index contributed by atoms with van der Waals surface area (Å²) in [5, 5.41) is 11.5. The number of hydrogen-bond donors (Lipinski definition) is 0. The van der Waals surface area contributed by atoms with Gasteiger partial charge in [0.25, 0.3) is 0 Å². The van der Waals surface area contributed by atoms with E-state index < -0.39 is 0 Å². The van der Waals surface area contributed by atoms with Crippen molar-refractivity contribution in [2.75, 3.05) is 4.90 Å². The summed E-state index contributed by atoms with van der Waals surface area (Å²) in [4.78, 5) is 7.34. The highest BCUT2D eigenvalue weighted by Crippen LogP contribution is 2.44. The zero-order chi connectivity index (χ0) is 37.5. The van der Waals surface area contributed by atoms with Crippen LogP contribution in [0.4, 0.5) is 17.1 Å². The molecule has 0 amide bonds. The van der Waals surface area contributed by atoms with E-state index in [-0.39, 0.29) is 0 Å². The van der Waals surface area contributed by atoms with Crippen molar-refractivity contribution >= 4 is 113 Å². The Kier molecular flexibility index (Phi) is 7.31. The zero-order valence-electron chi connectivity index (χ0n) is 30.7. The fourth-order valence-electron chi connectivity index (χ4n) is 8.49. The average Bonchev–Trinajstić information content (AvgIpc) is 3.81. The van der Waals surface area contributed by atoms with Gasteiger partial charge in [0.05, 0.1) is 11.2 Å². The van der Waals surface area contributed by atoms with Crippen molar-refractivity contribution in [3.63, 3.8) is 0 Å². The summed E-state index contributed by atoms with van der Waals surface area (Å²) in [6.45, 7) is 0. The number of benzene rings is 9. The fraction of sp³-hybridized carbons (Fsp3) is 0. The highest BCUT2D eigenvalue weighted by molar-refractivity contribution is 7.26. The Bertz CT molecular complexity index is 3370. The lowest BCUT2D eigenvalue weighted by Crippen LogP contribution is -2.09. The Labute approximate surface area is 337 Å². The third-order valence-corrected chi connectivity index (χ3v) is 13.6. The molecule has 0 aliphatic heterocycles. The van der Waals surface area contributed by atoms with Crippen LogP contribution in [-0.2, 0) is 0 Å². The molecule has 9 aromatic carbocycles. The third-order valence-electron chi connectivity index (χ3n) is 11.4. The van der Waals surface area contributed by atoms with E-state index in [4.69, 9.17) is 4.98 Å². The molecule has 0 saturated carbocycles. The van der Waals surface area contributed by atoms with E-state index in [9.17, 15) is 0 Å². The maximum Gasteiger partial charge on any atom is 0.0709 e. The van der Waals surface area contributed by atoms with Crippen molar-refractivity contribution in [1.29, 1.82) is 0 Å². The molecule has 0 saturated heterocycles. The number of fused-ring (bicyclic) bond motifs is 9. The maximum atomic E-state index is 4.92. The second-order valence-electron chi connectivity index (χ2n) is 14.8. The molecule has 0 aliphatic carbocycles. The normalized spacial score (nSPS) is 11.9. The van der Waals surface area contributed by atoms with Gasteiger partial charge in [0.15, 0.2) is 0 Å². The van der Waals surface area contributed by atoms with Crippen molar-refractivity contribution in [3.05, 3.63) is 194 Å². The van der Waals surface area contributed by atoms with Crippen LogP contribution in [0.2, 0.25) is 0 Å². The molecule has 0 N–H and O–H groups in total. The number of rotatable bonds is 5. The van der Waals surface area contributed by atoms with Crippen LogP contribution in [0.5, 0.6) is 0 Å². The Morgan fingerprint density at radius 1 is 0.316 bits per heavy atom. The van der Waals surface area contributed by atoms with Gasteiger partial charge in [-0.15, -0.1) is 22.7 Å². The van der Waals surface area contributed by atoms with E-state index in [1.165, 1.54) is 73.0 Å². The summed E-state index contributed by atoms with van der Waals surface area (Å²) in [7, 11) is 0. The summed E-state index contributed by atoms with van der Waals surface area (Å²) in [6.07, 6.45) is 0. The standard InChI is InChI=1S/C53H32N2S2/c1-3-10-39-29-50-46(27-37(39)8-1)44-24-22-42(31-52(44)56-50)55(43-23-25-45-47-28-38-9-2-4-11-40(38)30-51(47)57-53(45)32-43)41-20-17-34(18-21-41)33-13-15-36(16-14-33)49-26-19-35-7-5-6-12-48(35)54-49/h1-32H. The Balaban J connectivity index is 0.957. The molecule has 0 spiro atoms. The SMILES string of the molecule is c1ccc2cc3c(cc2c1)sc1cc(N(c2ccc(-c4ccc(-c5ccc6ccccc6n5)cc4)cc2)c2ccc4c(c2)sc2cc5ccccc5cc24)ccc13. The van der Waals surface area contributed by atoms with Crippen LogP contribution in [0.3, 0.4) is 0 Å². The molecule has 2 nitrogen and oxygen atoms in total. The van der Waals surface area contributed by atoms with Gasteiger partial charge in [0.1, 0.15) is 0 Å². The monoisotopic (exact) mass is 760 g/mol. The molecule has 0 bridgehead atoms. The molecule has 3 aromatic heterocycles. The fourth-order valence-corrected chi connectivity index (χ4v) is 10.8. The summed E-state index contributed by atoms with van der Waals surface area (Å²) in [5.41, 5.74) is 8.87. The molecular formula is C53H32N2S2. The van der Waals surface area contributed by atoms with Crippen LogP contribution in [-0.4, -0.2) is 4.98 Å². The predicted molar refractivity (Wildman–Crippen MR) is 248 cm³/mol. The van der Waals surface area contributed by atoms with Crippen LogP contribution in [0.1, 0.15) is 0 Å². The molecule has 0 radical (unpaired) electrons. The number of hydrogen-bond acceptors (Lipinski definition) is 4. The topological polar surface area (TPSA) is 16.1 Å². The molecule has 57 heavy (non-hydrogen) atoms. The van der Waals surface area contributed by atoms with E-state index in [1.54, 1.807) is 0 Å². The van der Waals surface area contributed by atoms with Gasteiger partial charge in [-0.25, -0.2) is 4.98 Å². The lowest BCUT2D eigenvalue weighted by Gasteiger charge is -2.26. The van der Waals surface area contributed by atoms with Crippen molar-refractivity contribution in [3.8, 4) is 22.4 Å². The van der Waals surface area contributed by atoms with Gasteiger partial charge in [-0.05, 0) is 105 Å². The maximum absolute atomic E-state index is 4.92. The first kappa shape index (κ1) is 32.4. The van der Waals surface area contributed by atoms with Gasteiger partial charge in [0, 0.05) is 68.4 Å². The van der Waals surface area contributed by atoms with Crippen LogP contribution in [0.25, 0.3) is 95.2 Å². The minimum Gasteiger partial charge on any atom is -0.310 e. The number of nitrogens with zero attached hydrogens (tertiary/aromatic N) is 2. The first-order chi connectivity index (χ1) is 28.2. The van der Waals surface area contributed by atoms with Gasteiger partial charge in [-0.1, -0.05) is 121 Å². The summed E-state index contributed by atoms with van der Waals surface area (Å²) in [5.74, 6) is 0. The number of thiophene rings is 2. The molecule has 4 heteroatoms. The molecule has 0 unspecified atom stereocenters. The first-order valence-electron chi connectivity index (χ1n) is 19.3. The van der Waals surface area contributed by atoms with Gasteiger partial charge in [-0.3, -0.25) is 0 Å². The smallest absolute Gasteiger partial charge is 0.0709 e. The van der Waals surface area contributed by atoms with E-state index in [0.717, 1.165) is 39.2 Å². The Hall–Kier alpha value is -6.85. The number of aromatic nitrogens is 1. The van der Waals surface area contributed by atoms with Gasteiger partial charge in [0.2, 0.25) is 0 Å². The lowest BCUT2D eigenvalue weighted by atomic mass is 10.0. The molecule has 0 aliphatic rings. The quantitative estimate of drug-likeness (QED) is 0.174.